The van der Waals surface area contributed by atoms with Crippen LogP contribution in [0.25, 0.3) is 5.57 Å². The molecular weight excluding hydrogens is 328 g/mol. The van der Waals surface area contributed by atoms with Gasteiger partial charge in [0, 0.05) is 31.4 Å². The van der Waals surface area contributed by atoms with Crippen LogP contribution in [0, 0.1) is 0 Å². The minimum atomic E-state index is 0.581. The van der Waals surface area contributed by atoms with E-state index in [2.05, 4.69) is 15.4 Å². The summed E-state index contributed by atoms with van der Waals surface area (Å²) in [6, 6.07) is 12.0. The average molecular weight is 352 g/mol. The van der Waals surface area contributed by atoms with Gasteiger partial charge >= 0.3 is 0 Å². The quantitative estimate of drug-likeness (QED) is 0.681. The SMILES string of the molecule is CO/C(C)=C1\CC(NC=O)=N\C1=C(\C)c1ccccc1.Cn1cccn1. The smallest absolute Gasteiger partial charge is 0.212 e. The molecule has 1 aromatic heterocycles. The maximum Gasteiger partial charge on any atom is 0.212 e. The number of allylic oxidation sites excluding steroid dienone is 3. The predicted molar refractivity (Wildman–Crippen MR) is 103 cm³/mol. The zero-order chi connectivity index (χ0) is 18.9. The van der Waals surface area contributed by atoms with Crippen LogP contribution in [0.15, 0.2) is 70.8 Å². The monoisotopic (exact) mass is 352 g/mol. The Morgan fingerprint density at radius 1 is 1.23 bits per heavy atom. The molecule has 0 bridgehead atoms. The van der Waals surface area contributed by atoms with Crippen LogP contribution in [0.4, 0.5) is 0 Å². The number of benzene rings is 1. The Morgan fingerprint density at radius 2 is 1.96 bits per heavy atom. The largest absolute Gasteiger partial charge is 0.501 e. The van der Waals surface area contributed by atoms with Crippen molar-refractivity contribution >= 4 is 17.8 Å². The van der Waals surface area contributed by atoms with Gasteiger partial charge in [-0.2, -0.15) is 5.10 Å². The second-order valence-electron chi connectivity index (χ2n) is 5.76. The van der Waals surface area contributed by atoms with Gasteiger partial charge in [0.1, 0.15) is 5.84 Å². The number of hydrogen-bond acceptors (Lipinski definition) is 4. The number of methoxy groups -OCH3 is 1. The van der Waals surface area contributed by atoms with E-state index < -0.39 is 0 Å². The molecule has 0 fully saturated rings. The number of aryl methyl sites for hydroxylation is 1. The highest BCUT2D eigenvalue weighted by molar-refractivity contribution is 5.98. The molecule has 6 heteroatoms. The number of carbonyl (C=O) groups is 1. The standard InChI is InChI=1S/C16H18N2O2.C4H6N2/c1-11(13-7-5-4-6-8-13)16-14(12(2)20-3)9-15(18-16)17-10-19;1-6-4-2-3-5-6/h4-8,10H,9H2,1-3H3,(H,17,18,19);2-4H,1H3/b14-12+,16-11-;. The van der Waals surface area contributed by atoms with Gasteiger partial charge in [0.25, 0.3) is 0 Å². The summed E-state index contributed by atoms with van der Waals surface area (Å²) in [7, 11) is 3.53. The highest BCUT2D eigenvalue weighted by Gasteiger charge is 2.22. The highest BCUT2D eigenvalue weighted by atomic mass is 16.5. The van der Waals surface area contributed by atoms with Gasteiger partial charge < -0.3 is 10.1 Å². The molecule has 26 heavy (non-hydrogen) atoms. The van der Waals surface area contributed by atoms with Gasteiger partial charge in [-0.3, -0.25) is 9.48 Å². The molecule has 1 aromatic carbocycles. The first kappa shape index (κ1) is 19.2. The fraction of sp³-hybridized carbons (Fsp3) is 0.250. The minimum Gasteiger partial charge on any atom is -0.501 e. The lowest BCUT2D eigenvalue weighted by molar-refractivity contribution is -0.108. The molecule has 136 valence electrons. The lowest BCUT2D eigenvalue weighted by Crippen LogP contribution is -2.18. The lowest BCUT2D eigenvalue weighted by Gasteiger charge is -2.09. The fourth-order valence-corrected chi connectivity index (χ4v) is 2.54. The zero-order valence-electron chi connectivity index (χ0n) is 15.6. The number of aromatic nitrogens is 2. The molecule has 1 N–H and O–H groups in total. The molecule has 2 aromatic rings. The van der Waals surface area contributed by atoms with Crippen molar-refractivity contribution in [2.24, 2.45) is 12.0 Å². The summed E-state index contributed by atoms with van der Waals surface area (Å²) in [5, 5.41) is 6.47. The Labute approximate surface area is 153 Å². The van der Waals surface area contributed by atoms with Crippen molar-refractivity contribution in [1.29, 1.82) is 0 Å². The van der Waals surface area contributed by atoms with Crippen LogP contribution in [0.3, 0.4) is 0 Å². The van der Waals surface area contributed by atoms with E-state index in [0.29, 0.717) is 18.7 Å². The number of amides is 1. The van der Waals surface area contributed by atoms with Gasteiger partial charge in [-0.25, -0.2) is 4.99 Å². The zero-order valence-corrected chi connectivity index (χ0v) is 15.6. The molecule has 1 aliphatic heterocycles. The first-order valence-electron chi connectivity index (χ1n) is 8.28. The Hall–Kier alpha value is -3.15. The number of carbonyl (C=O) groups excluding carboxylic acids is 1. The van der Waals surface area contributed by atoms with Gasteiger partial charge in [0.15, 0.2) is 0 Å². The highest BCUT2D eigenvalue weighted by Crippen LogP contribution is 2.33. The number of rotatable bonds is 3. The molecular formula is C20H24N4O2. The summed E-state index contributed by atoms with van der Waals surface area (Å²) >= 11 is 0. The minimum absolute atomic E-state index is 0.581. The summed E-state index contributed by atoms with van der Waals surface area (Å²) in [6.07, 6.45) is 4.87. The summed E-state index contributed by atoms with van der Waals surface area (Å²) in [5.41, 5.74) is 4.07. The van der Waals surface area contributed by atoms with E-state index >= 15 is 0 Å². The van der Waals surface area contributed by atoms with Gasteiger partial charge in [-0.1, -0.05) is 30.3 Å². The first-order chi connectivity index (χ1) is 12.6. The van der Waals surface area contributed by atoms with Crippen molar-refractivity contribution in [3.8, 4) is 0 Å². The molecule has 0 unspecified atom stereocenters. The molecule has 2 heterocycles. The number of amidine groups is 1. The summed E-state index contributed by atoms with van der Waals surface area (Å²) in [6.45, 7) is 3.94. The first-order valence-corrected chi connectivity index (χ1v) is 8.28. The number of nitrogens with zero attached hydrogens (tertiary/aromatic N) is 3. The molecule has 0 atom stereocenters. The molecule has 1 aliphatic rings. The molecule has 0 aliphatic carbocycles. The third-order valence-corrected chi connectivity index (χ3v) is 4.03. The van der Waals surface area contributed by atoms with Crippen molar-refractivity contribution in [3.05, 3.63) is 71.4 Å². The van der Waals surface area contributed by atoms with Gasteiger partial charge in [0.05, 0.1) is 18.6 Å². The average Bonchev–Trinajstić information content (AvgIpc) is 3.31. The van der Waals surface area contributed by atoms with Crippen LogP contribution in [-0.4, -0.2) is 29.1 Å². The molecule has 0 saturated carbocycles. The van der Waals surface area contributed by atoms with Crippen LogP contribution in [0.1, 0.15) is 25.8 Å². The van der Waals surface area contributed by atoms with Crippen LogP contribution >= 0.6 is 0 Å². The Balaban J connectivity index is 0.000000342. The Morgan fingerprint density at radius 3 is 2.46 bits per heavy atom. The predicted octanol–water partition coefficient (Wildman–Crippen LogP) is 3.31. The van der Waals surface area contributed by atoms with Crippen molar-refractivity contribution in [2.75, 3.05) is 7.11 Å². The van der Waals surface area contributed by atoms with Crippen LogP contribution < -0.4 is 5.32 Å². The molecule has 0 radical (unpaired) electrons. The number of ether oxygens (including phenoxy) is 1. The maximum absolute atomic E-state index is 10.6. The summed E-state index contributed by atoms with van der Waals surface area (Å²) in [4.78, 5) is 15.1. The van der Waals surface area contributed by atoms with Crippen LogP contribution in [-0.2, 0) is 16.6 Å². The van der Waals surface area contributed by atoms with Crippen molar-refractivity contribution in [1.82, 2.24) is 15.1 Å². The number of hydrogen-bond donors (Lipinski definition) is 1. The van der Waals surface area contributed by atoms with Gasteiger partial charge in [0.2, 0.25) is 6.41 Å². The van der Waals surface area contributed by atoms with Crippen molar-refractivity contribution in [2.45, 2.75) is 20.3 Å². The van der Waals surface area contributed by atoms with E-state index in [0.717, 1.165) is 28.2 Å². The molecule has 6 nitrogen and oxygen atoms in total. The second-order valence-corrected chi connectivity index (χ2v) is 5.76. The van der Waals surface area contributed by atoms with E-state index in [1.165, 1.54) is 0 Å². The number of aliphatic imine (C=N–C) groups is 1. The maximum atomic E-state index is 10.6. The van der Waals surface area contributed by atoms with E-state index in [4.69, 9.17) is 4.74 Å². The fourth-order valence-electron chi connectivity index (χ4n) is 2.54. The Bertz CT molecular complexity index is 819. The molecule has 0 spiro atoms. The van der Waals surface area contributed by atoms with Crippen LogP contribution in [0.5, 0.6) is 0 Å². The summed E-state index contributed by atoms with van der Waals surface area (Å²) < 4.78 is 7.08. The molecule has 3 rings (SSSR count). The van der Waals surface area contributed by atoms with E-state index in [1.54, 1.807) is 18.0 Å². The molecule has 0 saturated heterocycles. The Kier molecular flexibility index (Phi) is 6.91. The van der Waals surface area contributed by atoms with Crippen molar-refractivity contribution in [3.63, 3.8) is 0 Å². The van der Waals surface area contributed by atoms with E-state index in [9.17, 15) is 4.79 Å². The topological polar surface area (TPSA) is 68.5 Å². The summed E-state index contributed by atoms with van der Waals surface area (Å²) in [5.74, 6) is 1.47. The van der Waals surface area contributed by atoms with Crippen molar-refractivity contribution < 1.29 is 9.53 Å². The van der Waals surface area contributed by atoms with Crippen LogP contribution in [0.2, 0.25) is 0 Å². The normalized spacial score (nSPS) is 16.8. The third kappa shape index (κ3) is 4.92. The second kappa shape index (κ2) is 9.36. The van der Waals surface area contributed by atoms with E-state index in [-0.39, 0.29) is 0 Å². The number of nitrogens with one attached hydrogen (secondary N) is 1. The van der Waals surface area contributed by atoms with Gasteiger partial charge in [-0.05, 0) is 31.1 Å². The lowest BCUT2D eigenvalue weighted by atomic mass is 10.0. The third-order valence-electron chi connectivity index (χ3n) is 4.03. The van der Waals surface area contributed by atoms with E-state index in [1.807, 2.05) is 63.5 Å². The molecule has 1 amide bonds. The van der Waals surface area contributed by atoms with Gasteiger partial charge in [-0.15, -0.1) is 0 Å².